The molecule has 1 fully saturated rings. The molecule has 1 saturated heterocycles. The molecule has 2 amide bonds. The van der Waals surface area contributed by atoms with Gasteiger partial charge in [0.05, 0.1) is 30.3 Å². The van der Waals surface area contributed by atoms with Crippen LogP contribution in [-0.2, 0) is 33.7 Å². The lowest BCUT2D eigenvalue weighted by Crippen LogP contribution is -2.43. The second-order valence-electron chi connectivity index (χ2n) is 8.24. The fraction of sp³-hybridized carbons (Fsp3) is 0.478. The molecule has 1 aromatic carbocycles. The molecule has 0 unspecified atom stereocenters. The van der Waals surface area contributed by atoms with Gasteiger partial charge in [-0.2, -0.15) is 0 Å². The van der Waals surface area contributed by atoms with Crippen LogP contribution in [0.1, 0.15) is 47.9 Å². The number of methoxy groups -OCH3 is 1. The second-order valence-corrected chi connectivity index (χ2v) is 8.24. The molecule has 32 heavy (non-hydrogen) atoms. The lowest BCUT2D eigenvalue weighted by Gasteiger charge is -2.36. The Bertz CT molecular complexity index is 1070. The fourth-order valence-corrected chi connectivity index (χ4v) is 4.45. The molecule has 0 spiro atoms. The maximum atomic E-state index is 14.0. The molecule has 2 aliphatic heterocycles. The number of aromatic nitrogens is 2. The maximum Gasteiger partial charge on any atom is 0.256 e. The Kier molecular flexibility index (Phi) is 6.64. The van der Waals surface area contributed by atoms with Gasteiger partial charge in [0.15, 0.2) is 0 Å². The van der Waals surface area contributed by atoms with Gasteiger partial charge in [-0.1, -0.05) is 18.2 Å². The van der Waals surface area contributed by atoms with Gasteiger partial charge in [0.2, 0.25) is 11.8 Å². The van der Waals surface area contributed by atoms with E-state index in [2.05, 4.69) is 4.98 Å². The summed E-state index contributed by atoms with van der Waals surface area (Å²) in [5.41, 5.74) is 1.21. The molecule has 170 valence electrons. The zero-order valence-corrected chi connectivity index (χ0v) is 18.1. The van der Waals surface area contributed by atoms with Crippen LogP contribution in [-0.4, -0.2) is 58.4 Å². The van der Waals surface area contributed by atoms with Crippen LogP contribution in [0.5, 0.6) is 0 Å². The number of hydrogen-bond donors (Lipinski definition) is 1. The van der Waals surface area contributed by atoms with E-state index < -0.39 is 5.82 Å². The average molecular weight is 442 g/mol. The summed E-state index contributed by atoms with van der Waals surface area (Å²) in [7, 11) is 1.46. The van der Waals surface area contributed by atoms with Gasteiger partial charge < -0.3 is 19.5 Å². The first-order valence-corrected chi connectivity index (χ1v) is 10.9. The van der Waals surface area contributed by atoms with Crippen molar-refractivity contribution in [1.82, 2.24) is 19.8 Å². The topological polar surface area (TPSA) is 95.6 Å². The average Bonchev–Trinajstić information content (AvgIpc) is 2.80. The maximum absolute atomic E-state index is 14.0. The molecule has 9 heteroatoms. The number of hydrogen-bond acceptors (Lipinski definition) is 5. The van der Waals surface area contributed by atoms with Crippen LogP contribution < -0.4 is 5.56 Å². The van der Waals surface area contributed by atoms with Crippen LogP contribution in [0.15, 0.2) is 29.1 Å². The van der Waals surface area contributed by atoms with Crippen molar-refractivity contribution in [2.45, 2.75) is 44.7 Å². The lowest BCUT2D eigenvalue weighted by atomic mass is 9.99. The normalized spacial score (nSPS) is 18.4. The lowest BCUT2D eigenvalue weighted by molar-refractivity contribution is -0.136. The minimum absolute atomic E-state index is 0.0279. The molecule has 0 aliphatic carbocycles. The minimum atomic E-state index is -0.401. The highest BCUT2D eigenvalue weighted by Crippen LogP contribution is 2.30. The number of benzene rings is 1. The summed E-state index contributed by atoms with van der Waals surface area (Å²) in [5.74, 6) is -0.287. The van der Waals surface area contributed by atoms with Crippen LogP contribution in [0.2, 0.25) is 0 Å². The van der Waals surface area contributed by atoms with Crippen molar-refractivity contribution in [3.63, 3.8) is 0 Å². The number of aromatic amines is 1. The Morgan fingerprint density at radius 2 is 2.03 bits per heavy atom. The van der Waals surface area contributed by atoms with Crippen LogP contribution in [0.25, 0.3) is 0 Å². The number of H-pyrrole nitrogens is 1. The summed E-state index contributed by atoms with van der Waals surface area (Å²) in [4.78, 5) is 48.9. The number of rotatable bonds is 5. The summed E-state index contributed by atoms with van der Waals surface area (Å²) in [6, 6.07) is 5.91. The number of nitrogens with zero attached hydrogens (tertiary/aromatic N) is 3. The standard InChI is InChI=1S/C23H27FN4O4/c1-32-14-21(30)27-11-9-18-16(13-27)23(31)26-22(25-18)19-8-4-5-10-28(19)20(29)12-15-6-2-3-7-17(15)24/h2-3,6-7,19H,4-5,8-14H2,1H3,(H,25,26,31)/t19-/m1/s1. The first kappa shape index (κ1) is 22.1. The SMILES string of the molecule is COCC(=O)N1CCc2nc([C@H]3CCCCN3C(=O)Cc3ccccc3F)[nH]c(=O)c2C1. The molecular weight excluding hydrogens is 415 g/mol. The van der Waals surface area contributed by atoms with Crippen molar-refractivity contribution in [3.05, 3.63) is 63.1 Å². The molecule has 1 N–H and O–H groups in total. The Morgan fingerprint density at radius 1 is 1.22 bits per heavy atom. The summed E-state index contributed by atoms with van der Waals surface area (Å²) in [5, 5.41) is 0. The van der Waals surface area contributed by atoms with E-state index in [0.29, 0.717) is 48.6 Å². The van der Waals surface area contributed by atoms with Gasteiger partial charge >= 0.3 is 0 Å². The predicted octanol–water partition coefficient (Wildman–Crippen LogP) is 1.74. The second kappa shape index (κ2) is 9.60. The summed E-state index contributed by atoms with van der Waals surface area (Å²) in [6.07, 6.45) is 2.88. The van der Waals surface area contributed by atoms with E-state index in [1.807, 2.05) is 0 Å². The Hall–Kier alpha value is -3.07. The third-order valence-corrected chi connectivity index (χ3v) is 6.15. The third kappa shape index (κ3) is 4.57. The van der Waals surface area contributed by atoms with Gasteiger partial charge in [0.1, 0.15) is 18.2 Å². The zero-order valence-electron chi connectivity index (χ0n) is 18.1. The Labute approximate surface area is 185 Å². The van der Waals surface area contributed by atoms with E-state index in [4.69, 9.17) is 9.72 Å². The minimum Gasteiger partial charge on any atom is -0.375 e. The number of carbonyl (C=O) groups excluding carboxylic acids is 2. The number of halogens is 1. The van der Waals surface area contributed by atoms with Crippen molar-refractivity contribution >= 4 is 11.8 Å². The number of piperidine rings is 1. The summed E-state index contributed by atoms with van der Waals surface area (Å²) in [6.45, 7) is 1.17. The van der Waals surface area contributed by atoms with Crippen molar-refractivity contribution in [3.8, 4) is 0 Å². The van der Waals surface area contributed by atoms with E-state index in [9.17, 15) is 18.8 Å². The van der Waals surface area contributed by atoms with Crippen LogP contribution in [0, 0.1) is 5.82 Å². The monoisotopic (exact) mass is 442 g/mol. The van der Waals surface area contributed by atoms with Gasteiger partial charge in [0.25, 0.3) is 5.56 Å². The molecule has 1 atom stereocenters. The quantitative estimate of drug-likeness (QED) is 0.761. The van der Waals surface area contributed by atoms with Gasteiger partial charge in [-0.3, -0.25) is 14.4 Å². The van der Waals surface area contributed by atoms with Gasteiger partial charge in [0, 0.05) is 26.6 Å². The zero-order chi connectivity index (χ0) is 22.7. The van der Waals surface area contributed by atoms with Crippen molar-refractivity contribution in [1.29, 1.82) is 0 Å². The molecule has 4 rings (SSSR count). The van der Waals surface area contributed by atoms with Crippen LogP contribution in [0.3, 0.4) is 0 Å². The van der Waals surface area contributed by atoms with Gasteiger partial charge in [-0.15, -0.1) is 0 Å². The van der Waals surface area contributed by atoms with E-state index in [1.54, 1.807) is 28.0 Å². The first-order valence-electron chi connectivity index (χ1n) is 10.9. The van der Waals surface area contributed by atoms with Crippen LogP contribution >= 0.6 is 0 Å². The number of ether oxygens (including phenoxy) is 1. The summed E-state index contributed by atoms with van der Waals surface area (Å²) >= 11 is 0. The van der Waals surface area contributed by atoms with Gasteiger partial charge in [-0.05, 0) is 30.9 Å². The molecular formula is C23H27FN4O4. The predicted molar refractivity (Wildman–Crippen MR) is 114 cm³/mol. The molecule has 0 saturated carbocycles. The first-order chi connectivity index (χ1) is 15.5. The highest BCUT2D eigenvalue weighted by molar-refractivity contribution is 5.79. The van der Waals surface area contributed by atoms with Gasteiger partial charge in [-0.25, -0.2) is 9.37 Å². The fourth-order valence-electron chi connectivity index (χ4n) is 4.45. The van der Waals surface area contributed by atoms with E-state index >= 15 is 0 Å². The Balaban J connectivity index is 1.56. The van der Waals surface area contributed by atoms with Crippen LogP contribution in [0.4, 0.5) is 4.39 Å². The number of carbonyl (C=O) groups is 2. The van der Waals surface area contributed by atoms with Crippen molar-refractivity contribution in [2.75, 3.05) is 26.8 Å². The van der Waals surface area contributed by atoms with Crippen molar-refractivity contribution < 1.29 is 18.7 Å². The summed E-state index contributed by atoms with van der Waals surface area (Å²) < 4.78 is 19.0. The van der Waals surface area contributed by atoms with E-state index in [-0.39, 0.29) is 43.0 Å². The number of amides is 2. The largest absolute Gasteiger partial charge is 0.375 e. The van der Waals surface area contributed by atoms with E-state index in [1.165, 1.54) is 13.2 Å². The molecule has 2 aliphatic rings. The highest BCUT2D eigenvalue weighted by atomic mass is 19.1. The molecule has 0 radical (unpaired) electrons. The van der Waals surface area contributed by atoms with Crippen molar-refractivity contribution in [2.24, 2.45) is 0 Å². The number of nitrogens with one attached hydrogen (secondary N) is 1. The molecule has 8 nitrogen and oxygen atoms in total. The molecule has 0 bridgehead atoms. The third-order valence-electron chi connectivity index (χ3n) is 6.15. The number of likely N-dealkylation sites (tertiary alicyclic amines) is 1. The smallest absolute Gasteiger partial charge is 0.256 e. The molecule has 3 heterocycles. The number of fused-ring (bicyclic) bond motifs is 1. The highest BCUT2D eigenvalue weighted by Gasteiger charge is 2.32. The van der Waals surface area contributed by atoms with E-state index in [0.717, 1.165) is 12.8 Å². The molecule has 1 aromatic heterocycles. The Morgan fingerprint density at radius 3 is 2.81 bits per heavy atom. The molecule has 2 aromatic rings.